The Morgan fingerprint density at radius 1 is 1.10 bits per heavy atom. The van der Waals surface area contributed by atoms with Gasteiger partial charge in [0.05, 0.1) is 12.1 Å². The molecule has 2 aromatic rings. The number of piperidine rings is 1. The lowest BCUT2D eigenvalue weighted by atomic mass is 9.99. The van der Waals surface area contributed by atoms with Crippen LogP contribution in [0.2, 0.25) is 0 Å². The number of nitriles is 1. The molecule has 1 heterocycles. The summed E-state index contributed by atoms with van der Waals surface area (Å²) >= 11 is 0. The molecule has 1 fully saturated rings. The molecule has 2 atom stereocenters. The second kappa shape index (κ2) is 9.85. The summed E-state index contributed by atoms with van der Waals surface area (Å²) in [6.45, 7) is 0.827. The van der Waals surface area contributed by atoms with Crippen LogP contribution in [0.3, 0.4) is 0 Å². The first kappa shape index (κ1) is 22.0. The van der Waals surface area contributed by atoms with Gasteiger partial charge in [0, 0.05) is 6.42 Å². The van der Waals surface area contributed by atoms with Crippen LogP contribution >= 0.6 is 0 Å². The maximum absolute atomic E-state index is 12.3. The molecular formula is C22H25N3O4S. The van der Waals surface area contributed by atoms with Crippen molar-refractivity contribution in [3.63, 3.8) is 0 Å². The largest absolute Gasteiger partial charge is 0.339 e. The van der Waals surface area contributed by atoms with Gasteiger partial charge in [-0.3, -0.25) is 9.35 Å². The first-order chi connectivity index (χ1) is 14.3. The molecule has 2 aromatic carbocycles. The number of nitrogens with zero attached hydrogens (tertiary/aromatic N) is 1. The zero-order valence-corrected chi connectivity index (χ0v) is 17.4. The number of carbonyl (C=O) groups excluding carboxylic acids is 1. The zero-order chi connectivity index (χ0) is 21.6. The molecule has 0 radical (unpaired) electrons. The van der Waals surface area contributed by atoms with Gasteiger partial charge in [0.25, 0.3) is 10.1 Å². The summed E-state index contributed by atoms with van der Waals surface area (Å²) in [6, 6.07) is 15.9. The standard InChI is InChI=1S/C22H25N3O4S/c23-14-20(25-22(26)21-3-1-2-12-24-21)13-16-4-8-18(9-5-16)19-10-6-17(7-11-19)15-30(27,28)29/h4-11,20-21,24H,1-3,12-13,15H2,(H,25,26)(H,27,28,29)/t20-,21-/m0/s1. The number of hydrogen-bond donors (Lipinski definition) is 3. The lowest BCUT2D eigenvalue weighted by Gasteiger charge is -2.23. The van der Waals surface area contributed by atoms with Crippen molar-refractivity contribution < 1.29 is 17.8 Å². The smallest absolute Gasteiger partial charge is 0.269 e. The Morgan fingerprint density at radius 2 is 1.70 bits per heavy atom. The highest BCUT2D eigenvalue weighted by Crippen LogP contribution is 2.21. The Bertz CT molecular complexity index is 1010. The van der Waals surface area contributed by atoms with Crippen molar-refractivity contribution >= 4 is 16.0 Å². The van der Waals surface area contributed by atoms with Crippen LogP contribution < -0.4 is 10.6 Å². The first-order valence-electron chi connectivity index (χ1n) is 9.91. The third-order valence-electron chi connectivity index (χ3n) is 5.13. The van der Waals surface area contributed by atoms with Gasteiger partial charge in [-0.25, -0.2) is 0 Å². The van der Waals surface area contributed by atoms with Crippen LogP contribution in [-0.2, 0) is 27.1 Å². The first-order valence-corrected chi connectivity index (χ1v) is 11.5. The molecule has 7 nitrogen and oxygen atoms in total. The second-order valence-corrected chi connectivity index (χ2v) is 8.97. The quantitative estimate of drug-likeness (QED) is 0.584. The van der Waals surface area contributed by atoms with E-state index < -0.39 is 21.9 Å². The van der Waals surface area contributed by atoms with Gasteiger partial charge >= 0.3 is 0 Å². The topological polar surface area (TPSA) is 119 Å². The highest BCUT2D eigenvalue weighted by molar-refractivity contribution is 7.85. The van der Waals surface area contributed by atoms with Crippen molar-refractivity contribution in [2.75, 3.05) is 6.54 Å². The number of nitrogens with one attached hydrogen (secondary N) is 2. The van der Waals surface area contributed by atoms with Crippen LogP contribution in [0.1, 0.15) is 30.4 Å². The molecule has 0 aliphatic carbocycles. The summed E-state index contributed by atoms with van der Waals surface area (Å²) in [5.41, 5.74) is 3.30. The highest BCUT2D eigenvalue weighted by Gasteiger charge is 2.23. The van der Waals surface area contributed by atoms with E-state index >= 15 is 0 Å². The van der Waals surface area contributed by atoms with Gasteiger partial charge in [0.1, 0.15) is 11.8 Å². The molecule has 0 spiro atoms. The molecule has 0 saturated carbocycles. The van der Waals surface area contributed by atoms with E-state index in [9.17, 15) is 18.5 Å². The number of rotatable bonds is 7. The summed E-state index contributed by atoms with van der Waals surface area (Å²) in [5, 5.41) is 15.4. The summed E-state index contributed by atoms with van der Waals surface area (Å²) in [7, 11) is -4.05. The van der Waals surface area contributed by atoms with E-state index in [0.717, 1.165) is 42.5 Å². The minimum Gasteiger partial charge on any atom is -0.339 e. The summed E-state index contributed by atoms with van der Waals surface area (Å²) < 4.78 is 30.9. The molecule has 1 amide bonds. The van der Waals surface area contributed by atoms with Crippen LogP contribution in [0, 0.1) is 11.3 Å². The molecular weight excluding hydrogens is 402 g/mol. The summed E-state index contributed by atoms with van der Waals surface area (Å²) in [5.74, 6) is -0.535. The third-order valence-corrected chi connectivity index (χ3v) is 5.83. The van der Waals surface area contributed by atoms with Gasteiger partial charge in [-0.2, -0.15) is 13.7 Å². The fourth-order valence-corrected chi connectivity index (χ4v) is 4.16. The molecule has 0 aromatic heterocycles. The zero-order valence-electron chi connectivity index (χ0n) is 16.5. The van der Waals surface area contributed by atoms with E-state index in [0.29, 0.717) is 12.0 Å². The summed E-state index contributed by atoms with van der Waals surface area (Å²) in [4.78, 5) is 12.3. The van der Waals surface area contributed by atoms with Crippen LogP contribution in [0.4, 0.5) is 0 Å². The SMILES string of the molecule is N#C[C@H](Cc1ccc(-c2ccc(CS(=O)(=O)O)cc2)cc1)NC(=O)[C@@H]1CCCCN1. The maximum Gasteiger partial charge on any atom is 0.269 e. The van der Waals surface area contributed by atoms with E-state index in [-0.39, 0.29) is 11.9 Å². The Labute approximate surface area is 176 Å². The number of hydrogen-bond acceptors (Lipinski definition) is 5. The van der Waals surface area contributed by atoms with Gasteiger partial charge in [-0.1, -0.05) is 55.0 Å². The minimum atomic E-state index is -4.05. The van der Waals surface area contributed by atoms with Gasteiger partial charge in [-0.05, 0) is 41.6 Å². The average molecular weight is 428 g/mol. The Balaban J connectivity index is 1.60. The molecule has 1 aliphatic rings. The predicted octanol–water partition coefficient (Wildman–Crippen LogP) is 2.43. The molecule has 3 N–H and O–H groups in total. The van der Waals surface area contributed by atoms with E-state index in [1.54, 1.807) is 24.3 Å². The van der Waals surface area contributed by atoms with Gasteiger partial charge in [-0.15, -0.1) is 0 Å². The normalized spacial score (nSPS) is 17.7. The van der Waals surface area contributed by atoms with Crippen LogP contribution in [0.15, 0.2) is 48.5 Å². The molecule has 0 bridgehead atoms. The highest BCUT2D eigenvalue weighted by atomic mass is 32.2. The van der Waals surface area contributed by atoms with E-state index in [4.69, 9.17) is 4.55 Å². The Kier molecular flexibility index (Phi) is 7.21. The van der Waals surface area contributed by atoms with Crippen molar-refractivity contribution in [2.24, 2.45) is 0 Å². The second-order valence-electron chi connectivity index (χ2n) is 7.52. The summed E-state index contributed by atoms with van der Waals surface area (Å²) in [6.07, 6.45) is 3.30. The lowest BCUT2D eigenvalue weighted by Crippen LogP contribution is -2.49. The molecule has 158 valence electrons. The predicted molar refractivity (Wildman–Crippen MR) is 114 cm³/mol. The van der Waals surface area contributed by atoms with Crippen LogP contribution in [-0.4, -0.2) is 37.5 Å². The van der Waals surface area contributed by atoms with Crippen molar-refractivity contribution in [3.8, 4) is 17.2 Å². The molecule has 3 rings (SSSR count). The van der Waals surface area contributed by atoms with Crippen molar-refractivity contribution in [1.82, 2.24) is 10.6 Å². The van der Waals surface area contributed by atoms with Crippen LogP contribution in [0.25, 0.3) is 11.1 Å². The maximum atomic E-state index is 12.3. The minimum absolute atomic E-state index is 0.122. The molecule has 8 heteroatoms. The number of benzene rings is 2. The molecule has 1 saturated heterocycles. The van der Waals surface area contributed by atoms with E-state index in [1.165, 1.54) is 0 Å². The van der Waals surface area contributed by atoms with Crippen molar-refractivity contribution in [3.05, 3.63) is 59.7 Å². The number of carbonyl (C=O) groups is 1. The average Bonchev–Trinajstić information content (AvgIpc) is 2.74. The fourth-order valence-electron chi connectivity index (χ4n) is 3.55. The van der Waals surface area contributed by atoms with E-state index in [1.807, 2.05) is 24.3 Å². The Hall–Kier alpha value is -2.73. The number of amides is 1. The van der Waals surface area contributed by atoms with Gasteiger partial charge < -0.3 is 10.6 Å². The molecule has 1 aliphatic heterocycles. The van der Waals surface area contributed by atoms with Crippen LogP contribution in [0.5, 0.6) is 0 Å². The monoisotopic (exact) mass is 427 g/mol. The lowest BCUT2D eigenvalue weighted by molar-refractivity contribution is -0.124. The third kappa shape index (κ3) is 6.39. The fraction of sp³-hybridized carbons (Fsp3) is 0.364. The molecule has 30 heavy (non-hydrogen) atoms. The van der Waals surface area contributed by atoms with Crippen molar-refractivity contribution in [1.29, 1.82) is 5.26 Å². The molecule has 0 unspecified atom stereocenters. The van der Waals surface area contributed by atoms with Crippen molar-refractivity contribution in [2.45, 2.75) is 43.5 Å². The van der Waals surface area contributed by atoms with E-state index in [2.05, 4.69) is 16.7 Å². The Morgan fingerprint density at radius 3 is 2.20 bits per heavy atom. The van der Waals surface area contributed by atoms with Gasteiger partial charge in [0.2, 0.25) is 5.91 Å². The van der Waals surface area contributed by atoms with Gasteiger partial charge in [0.15, 0.2) is 0 Å².